The number of nitrogens with zero attached hydrogens (tertiary/aromatic N) is 1. The third-order valence-electron chi connectivity index (χ3n) is 2.28. The van der Waals surface area contributed by atoms with E-state index in [0.717, 1.165) is 0 Å². The topological polar surface area (TPSA) is 74.6 Å². The first-order valence-electron chi connectivity index (χ1n) is 5.04. The van der Waals surface area contributed by atoms with Gasteiger partial charge < -0.3 is 15.1 Å². The minimum atomic E-state index is -0.277. The second-order valence-electron chi connectivity index (χ2n) is 3.49. The number of rotatable bonds is 4. The van der Waals surface area contributed by atoms with E-state index in [1.165, 1.54) is 11.2 Å². The molecule has 90 valence electrons. The van der Waals surface area contributed by atoms with E-state index in [1.807, 2.05) is 0 Å². The van der Waals surface area contributed by atoms with Gasteiger partial charge in [-0.3, -0.25) is 14.5 Å². The number of carbonyl (C=O) groups excluding carboxylic acids is 2. The number of nitrogens with one attached hydrogen (secondary N) is 2. The van der Waals surface area contributed by atoms with E-state index in [0.29, 0.717) is 17.4 Å². The predicted molar refractivity (Wildman–Crippen MR) is 62.9 cm³/mol. The lowest BCUT2D eigenvalue weighted by Gasteiger charge is -2.13. The summed E-state index contributed by atoms with van der Waals surface area (Å²) in [5, 5.41) is 5.64. The molecule has 7 heteroatoms. The Morgan fingerprint density at radius 2 is 2.47 bits per heavy atom. The largest absolute Gasteiger partial charge is 0.467 e. The molecule has 0 aromatic carbocycles. The van der Waals surface area contributed by atoms with Crippen LogP contribution in [0.15, 0.2) is 22.8 Å². The first kappa shape index (κ1) is 11.6. The third kappa shape index (κ3) is 2.82. The average molecular weight is 253 g/mol. The second-order valence-corrected chi connectivity index (χ2v) is 3.88. The minimum Gasteiger partial charge on any atom is -0.467 e. The number of carbonyl (C=O) groups is 2. The van der Waals surface area contributed by atoms with Gasteiger partial charge in [0.25, 0.3) is 0 Å². The zero-order valence-electron chi connectivity index (χ0n) is 8.93. The number of hydrogen-bond acceptors (Lipinski definition) is 4. The van der Waals surface area contributed by atoms with E-state index in [2.05, 4.69) is 10.6 Å². The lowest BCUT2D eigenvalue weighted by atomic mass is 10.4. The van der Waals surface area contributed by atoms with E-state index in [1.54, 1.807) is 12.1 Å². The first-order chi connectivity index (χ1) is 8.16. The van der Waals surface area contributed by atoms with E-state index < -0.39 is 0 Å². The zero-order valence-corrected chi connectivity index (χ0v) is 9.75. The second kappa shape index (κ2) is 4.96. The molecule has 0 bridgehead atoms. The molecule has 0 spiro atoms. The third-order valence-corrected chi connectivity index (χ3v) is 2.64. The minimum absolute atomic E-state index is 0.0641. The van der Waals surface area contributed by atoms with Crippen LogP contribution in [-0.2, 0) is 16.1 Å². The SMILES string of the molecule is O=C(CN1C(=O)CNC1=S)NCc1ccco1. The van der Waals surface area contributed by atoms with Crippen LogP contribution in [0.5, 0.6) is 0 Å². The maximum absolute atomic E-state index is 11.6. The molecule has 2 heterocycles. The Hall–Kier alpha value is -1.89. The molecule has 1 aromatic rings. The Morgan fingerprint density at radius 1 is 1.65 bits per heavy atom. The van der Waals surface area contributed by atoms with Gasteiger partial charge in [-0.05, 0) is 24.4 Å². The van der Waals surface area contributed by atoms with Gasteiger partial charge in [0.1, 0.15) is 12.3 Å². The van der Waals surface area contributed by atoms with Crippen LogP contribution < -0.4 is 10.6 Å². The van der Waals surface area contributed by atoms with Crippen molar-refractivity contribution in [1.82, 2.24) is 15.5 Å². The molecule has 2 rings (SSSR count). The van der Waals surface area contributed by atoms with Crippen molar-refractivity contribution in [2.45, 2.75) is 6.54 Å². The first-order valence-corrected chi connectivity index (χ1v) is 5.45. The van der Waals surface area contributed by atoms with Crippen molar-refractivity contribution in [3.05, 3.63) is 24.2 Å². The van der Waals surface area contributed by atoms with Crippen molar-refractivity contribution in [1.29, 1.82) is 0 Å². The quantitative estimate of drug-likeness (QED) is 0.715. The Labute approximate surface area is 103 Å². The maximum Gasteiger partial charge on any atom is 0.248 e. The molecule has 0 radical (unpaired) electrons. The van der Waals surface area contributed by atoms with Gasteiger partial charge in [-0.2, -0.15) is 0 Å². The number of hydrogen-bond donors (Lipinski definition) is 2. The van der Waals surface area contributed by atoms with E-state index in [-0.39, 0.29) is 24.9 Å². The number of furan rings is 1. The number of amides is 2. The van der Waals surface area contributed by atoms with Crippen LogP contribution in [0.4, 0.5) is 0 Å². The van der Waals surface area contributed by atoms with Gasteiger partial charge in [0.15, 0.2) is 5.11 Å². The van der Waals surface area contributed by atoms with Gasteiger partial charge in [0, 0.05) is 0 Å². The van der Waals surface area contributed by atoms with Gasteiger partial charge in [-0.25, -0.2) is 0 Å². The highest BCUT2D eigenvalue weighted by Crippen LogP contribution is 2.00. The maximum atomic E-state index is 11.6. The standard InChI is InChI=1S/C10H11N3O3S/c14-8(11-4-7-2-1-3-16-7)6-13-9(15)5-12-10(13)17/h1-3H,4-6H2,(H,11,14)(H,12,17). The summed E-state index contributed by atoms with van der Waals surface area (Å²) in [5.41, 5.74) is 0. The van der Waals surface area contributed by atoms with Crippen molar-refractivity contribution < 1.29 is 14.0 Å². The summed E-state index contributed by atoms with van der Waals surface area (Å²) in [6.45, 7) is 0.393. The van der Waals surface area contributed by atoms with Crippen molar-refractivity contribution in [2.75, 3.05) is 13.1 Å². The van der Waals surface area contributed by atoms with Crippen molar-refractivity contribution in [3.8, 4) is 0 Å². The van der Waals surface area contributed by atoms with E-state index in [4.69, 9.17) is 16.6 Å². The fourth-order valence-electron chi connectivity index (χ4n) is 1.41. The van der Waals surface area contributed by atoms with Gasteiger partial charge >= 0.3 is 0 Å². The summed E-state index contributed by atoms with van der Waals surface area (Å²) >= 11 is 4.90. The molecule has 0 saturated carbocycles. The lowest BCUT2D eigenvalue weighted by molar-refractivity contribution is -0.130. The van der Waals surface area contributed by atoms with Crippen LogP contribution >= 0.6 is 12.2 Å². The van der Waals surface area contributed by atoms with Crippen molar-refractivity contribution in [2.24, 2.45) is 0 Å². The molecule has 0 aliphatic carbocycles. The van der Waals surface area contributed by atoms with Gasteiger partial charge in [-0.1, -0.05) is 0 Å². The highest BCUT2D eigenvalue weighted by atomic mass is 32.1. The molecule has 1 aliphatic rings. The summed E-state index contributed by atoms with van der Waals surface area (Å²) < 4.78 is 5.06. The molecule has 1 aliphatic heterocycles. The Morgan fingerprint density at radius 3 is 3.06 bits per heavy atom. The molecule has 0 unspecified atom stereocenters. The molecular weight excluding hydrogens is 242 g/mol. The predicted octanol–water partition coefficient (Wildman–Crippen LogP) is -0.387. The van der Waals surface area contributed by atoms with E-state index in [9.17, 15) is 9.59 Å². The van der Waals surface area contributed by atoms with Crippen LogP contribution in [0.3, 0.4) is 0 Å². The van der Waals surface area contributed by atoms with Crippen LogP contribution in [0, 0.1) is 0 Å². The van der Waals surface area contributed by atoms with Crippen molar-refractivity contribution >= 4 is 29.1 Å². The molecule has 0 atom stereocenters. The Balaban J connectivity index is 1.81. The zero-order chi connectivity index (χ0) is 12.3. The van der Waals surface area contributed by atoms with Gasteiger partial charge in [0.05, 0.1) is 19.4 Å². The lowest BCUT2D eigenvalue weighted by Crippen LogP contribution is -2.40. The summed E-state index contributed by atoms with van der Waals surface area (Å²) in [7, 11) is 0. The van der Waals surface area contributed by atoms with Crippen LogP contribution in [0.2, 0.25) is 0 Å². The molecule has 6 nitrogen and oxygen atoms in total. The molecule has 1 saturated heterocycles. The Kier molecular flexibility index (Phi) is 3.38. The molecular formula is C10H11N3O3S. The van der Waals surface area contributed by atoms with E-state index >= 15 is 0 Å². The smallest absolute Gasteiger partial charge is 0.248 e. The molecule has 17 heavy (non-hydrogen) atoms. The summed E-state index contributed by atoms with van der Waals surface area (Å²) in [4.78, 5) is 24.1. The summed E-state index contributed by atoms with van der Waals surface area (Å²) in [5.74, 6) is 0.191. The highest BCUT2D eigenvalue weighted by Gasteiger charge is 2.26. The fourth-order valence-corrected chi connectivity index (χ4v) is 1.65. The molecule has 1 aromatic heterocycles. The van der Waals surface area contributed by atoms with Gasteiger partial charge in [-0.15, -0.1) is 0 Å². The van der Waals surface area contributed by atoms with Gasteiger partial charge in [0.2, 0.25) is 11.8 Å². The highest BCUT2D eigenvalue weighted by molar-refractivity contribution is 7.80. The molecule has 1 fully saturated rings. The Bertz CT molecular complexity index is 428. The fraction of sp³-hybridized carbons (Fsp3) is 0.300. The summed E-state index contributed by atoms with van der Waals surface area (Å²) in [6.07, 6.45) is 1.53. The normalized spacial score (nSPS) is 14.9. The molecule has 2 amide bonds. The van der Waals surface area contributed by atoms with Crippen molar-refractivity contribution in [3.63, 3.8) is 0 Å². The van der Waals surface area contributed by atoms with Crippen LogP contribution in [0.1, 0.15) is 5.76 Å². The number of thiocarbonyl (C=S) groups is 1. The van der Waals surface area contributed by atoms with Crippen LogP contribution in [0.25, 0.3) is 0 Å². The summed E-state index contributed by atoms with van der Waals surface area (Å²) in [6, 6.07) is 3.50. The monoisotopic (exact) mass is 253 g/mol. The van der Waals surface area contributed by atoms with Crippen LogP contribution in [-0.4, -0.2) is 34.9 Å². The molecule has 2 N–H and O–H groups in total. The average Bonchev–Trinajstić information content (AvgIpc) is 2.91.